The second-order valence-corrected chi connectivity index (χ2v) is 11.0. The van der Waals surface area contributed by atoms with Crippen molar-refractivity contribution in [1.82, 2.24) is 9.62 Å². The summed E-state index contributed by atoms with van der Waals surface area (Å²) in [4.78, 5) is 14.1. The Kier molecular flexibility index (Phi) is 7.99. The van der Waals surface area contributed by atoms with Crippen molar-refractivity contribution in [2.45, 2.75) is 30.2 Å². The highest BCUT2D eigenvalue weighted by Crippen LogP contribution is 2.30. The van der Waals surface area contributed by atoms with Crippen LogP contribution in [0.4, 0.5) is 5.69 Å². The van der Waals surface area contributed by atoms with Crippen LogP contribution in [0, 0.1) is 0 Å². The molecule has 1 fully saturated rings. The summed E-state index contributed by atoms with van der Waals surface area (Å²) in [5.74, 6) is 0.118. The van der Waals surface area contributed by atoms with E-state index in [2.05, 4.69) is 10.6 Å². The molecule has 0 saturated carbocycles. The first kappa shape index (κ1) is 24.4. The van der Waals surface area contributed by atoms with E-state index in [1.54, 1.807) is 17.4 Å². The standard InChI is InChI=1S/C25H29N3O4S2/c1-32-22-13-12-20(34(30,31)28-14-6-3-7-15-28)17-21(22)27-24(29)18-26-25(23-11-8-16-33-23)19-9-4-2-5-10-19/h2,4-5,8-13,16-17,25-26H,3,6-7,14-15,18H2,1H3,(H,27,29). The topological polar surface area (TPSA) is 87.7 Å². The van der Waals surface area contributed by atoms with Crippen LogP contribution in [-0.4, -0.2) is 45.4 Å². The quantitative estimate of drug-likeness (QED) is 0.460. The summed E-state index contributed by atoms with van der Waals surface area (Å²) in [6.07, 6.45) is 2.76. The number of carbonyl (C=O) groups is 1. The van der Waals surface area contributed by atoms with Crippen LogP contribution in [0.15, 0.2) is 70.9 Å². The molecule has 1 amide bonds. The number of anilines is 1. The van der Waals surface area contributed by atoms with E-state index in [1.165, 1.54) is 23.5 Å². The van der Waals surface area contributed by atoms with Gasteiger partial charge in [-0.05, 0) is 48.1 Å². The zero-order valence-electron chi connectivity index (χ0n) is 19.1. The van der Waals surface area contributed by atoms with Gasteiger partial charge in [-0.3, -0.25) is 10.1 Å². The Morgan fingerprint density at radius 1 is 1.06 bits per heavy atom. The predicted octanol–water partition coefficient (Wildman–Crippen LogP) is 4.25. The van der Waals surface area contributed by atoms with Gasteiger partial charge in [-0.25, -0.2) is 8.42 Å². The molecule has 3 aromatic rings. The Hall–Kier alpha value is -2.72. The molecule has 0 aliphatic carbocycles. The second kappa shape index (κ2) is 11.1. The summed E-state index contributed by atoms with van der Waals surface area (Å²) in [6.45, 7) is 1.08. The summed E-state index contributed by atoms with van der Waals surface area (Å²) in [5, 5.41) is 8.15. The maximum atomic E-state index is 13.1. The first-order valence-corrected chi connectivity index (χ1v) is 13.6. The van der Waals surface area contributed by atoms with Crippen molar-refractivity contribution in [1.29, 1.82) is 0 Å². The minimum atomic E-state index is -3.62. The largest absolute Gasteiger partial charge is 0.495 e. The number of hydrogen-bond donors (Lipinski definition) is 2. The summed E-state index contributed by atoms with van der Waals surface area (Å²) >= 11 is 1.62. The number of nitrogens with zero attached hydrogens (tertiary/aromatic N) is 1. The van der Waals surface area contributed by atoms with Crippen molar-refractivity contribution in [2.24, 2.45) is 0 Å². The lowest BCUT2D eigenvalue weighted by Gasteiger charge is -2.26. The van der Waals surface area contributed by atoms with E-state index >= 15 is 0 Å². The van der Waals surface area contributed by atoms with Crippen molar-refractivity contribution in [3.63, 3.8) is 0 Å². The third kappa shape index (κ3) is 5.67. The van der Waals surface area contributed by atoms with E-state index in [9.17, 15) is 13.2 Å². The molecule has 180 valence electrons. The number of ether oxygens (including phenoxy) is 1. The van der Waals surface area contributed by atoms with Crippen molar-refractivity contribution in [2.75, 3.05) is 32.1 Å². The van der Waals surface area contributed by atoms with Crippen LogP contribution in [0.2, 0.25) is 0 Å². The van der Waals surface area contributed by atoms with Gasteiger partial charge in [0.15, 0.2) is 0 Å². The minimum absolute atomic E-state index is 0.0454. The van der Waals surface area contributed by atoms with Crippen molar-refractivity contribution in [3.8, 4) is 5.75 Å². The average Bonchev–Trinajstić information content (AvgIpc) is 3.40. The molecule has 2 aromatic carbocycles. The molecule has 2 heterocycles. The van der Waals surface area contributed by atoms with Crippen LogP contribution in [0.25, 0.3) is 0 Å². The Morgan fingerprint density at radius 2 is 1.82 bits per heavy atom. The van der Waals surface area contributed by atoms with Crippen molar-refractivity contribution in [3.05, 3.63) is 76.5 Å². The van der Waals surface area contributed by atoms with E-state index in [1.807, 2.05) is 47.8 Å². The van der Waals surface area contributed by atoms with E-state index in [4.69, 9.17) is 4.74 Å². The van der Waals surface area contributed by atoms with Crippen LogP contribution in [0.1, 0.15) is 35.7 Å². The van der Waals surface area contributed by atoms with E-state index in [0.717, 1.165) is 29.7 Å². The van der Waals surface area contributed by atoms with Gasteiger partial charge in [0, 0.05) is 18.0 Å². The lowest BCUT2D eigenvalue weighted by molar-refractivity contribution is -0.115. The average molecular weight is 500 g/mol. The van der Waals surface area contributed by atoms with Gasteiger partial charge in [0.2, 0.25) is 15.9 Å². The molecule has 0 spiro atoms. The molecule has 1 saturated heterocycles. The molecule has 7 nitrogen and oxygen atoms in total. The number of amides is 1. The number of carbonyl (C=O) groups excluding carboxylic acids is 1. The number of piperidine rings is 1. The molecule has 1 aliphatic heterocycles. The van der Waals surface area contributed by atoms with Crippen LogP contribution in [0.5, 0.6) is 5.75 Å². The SMILES string of the molecule is COc1ccc(S(=O)(=O)N2CCCCC2)cc1NC(=O)CNC(c1ccccc1)c1cccs1. The smallest absolute Gasteiger partial charge is 0.243 e. The molecule has 9 heteroatoms. The first-order valence-electron chi connectivity index (χ1n) is 11.3. The molecular formula is C25H29N3O4S2. The summed E-state index contributed by atoms with van der Waals surface area (Å²) in [7, 11) is -2.13. The highest BCUT2D eigenvalue weighted by Gasteiger charge is 2.27. The molecule has 4 rings (SSSR count). The fraction of sp³-hybridized carbons (Fsp3) is 0.320. The highest BCUT2D eigenvalue weighted by atomic mass is 32.2. The fourth-order valence-electron chi connectivity index (χ4n) is 4.07. The molecular weight excluding hydrogens is 470 g/mol. The molecule has 1 aromatic heterocycles. The molecule has 1 unspecified atom stereocenters. The number of benzene rings is 2. The Bertz CT molecular complexity index is 1190. The van der Waals surface area contributed by atoms with Crippen molar-refractivity contribution < 1.29 is 17.9 Å². The number of methoxy groups -OCH3 is 1. The van der Waals surface area contributed by atoms with Gasteiger partial charge >= 0.3 is 0 Å². The fourth-order valence-corrected chi connectivity index (χ4v) is 6.44. The number of sulfonamides is 1. The third-order valence-electron chi connectivity index (χ3n) is 5.83. The summed E-state index contributed by atoms with van der Waals surface area (Å²) < 4.78 is 33.1. The van der Waals surface area contributed by atoms with Crippen LogP contribution in [-0.2, 0) is 14.8 Å². The van der Waals surface area contributed by atoms with E-state index < -0.39 is 10.0 Å². The normalized spacial score (nSPS) is 15.6. The molecule has 0 radical (unpaired) electrons. The maximum absolute atomic E-state index is 13.1. The number of hydrogen-bond acceptors (Lipinski definition) is 6. The monoisotopic (exact) mass is 499 g/mol. The Balaban J connectivity index is 1.49. The van der Waals surface area contributed by atoms with E-state index in [0.29, 0.717) is 24.5 Å². The molecule has 1 aliphatic rings. The molecule has 0 bridgehead atoms. The van der Waals surface area contributed by atoms with Crippen LogP contribution >= 0.6 is 11.3 Å². The van der Waals surface area contributed by atoms with Gasteiger partial charge in [-0.15, -0.1) is 11.3 Å². The summed E-state index contributed by atoms with van der Waals surface area (Å²) in [5.41, 5.74) is 1.39. The number of nitrogens with one attached hydrogen (secondary N) is 2. The molecule has 2 N–H and O–H groups in total. The Labute approximate surface area is 204 Å². The first-order chi connectivity index (χ1) is 16.5. The second-order valence-electron chi connectivity index (χ2n) is 8.12. The predicted molar refractivity (Wildman–Crippen MR) is 135 cm³/mol. The maximum Gasteiger partial charge on any atom is 0.243 e. The van der Waals surface area contributed by atoms with Gasteiger partial charge in [0.05, 0.1) is 30.3 Å². The molecule has 34 heavy (non-hydrogen) atoms. The van der Waals surface area contributed by atoms with Crippen LogP contribution in [0.3, 0.4) is 0 Å². The third-order valence-corrected chi connectivity index (χ3v) is 8.66. The van der Waals surface area contributed by atoms with Gasteiger partial charge in [-0.2, -0.15) is 4.31 Å². The van der Waals surface area contributed by atoms with Gasteiger partial charge in [-0.1, -0.05) is 42.8 Å². The van der Waals surface area contributed by atoms with Crippen molar-refractivity contribution >= 4 is 33.0 Å². The lowest BCUT2D eigenvalue weighted by atomic mass is 10.1. The zero-order valence-corrected chi connectivity index (χ0v) is 20.7. The summed E-state index contributed by atoms with van der Waals surface area (Å²) in [6, 6.07) is 18.4. The molecule has 1 atom stereocenters. The number of thiophene rings is 1. The Morgan fingerprint density at radius 3 is 2.50 bits per heavy atom. The lowest BCUT2D eigenvalue weighted by Crippen LogP contribution is -2.35. The van der Waals surface area contributed by atoms with Gasteiger partial charge < -0.3 is 10.1 Å². The van der Waals surface area contributed by atoms with Gasteiger partial charge in [0.1, 0.15) is 5.75 Å². The van der Waals surface area contributed by atoms with E-state index in [-0.39, 0.29) is 23.4 Å². The van der Waals surface area contributed by atoms with Gasteiger partial charge in [0.25, 0.3) is 0 Å². The highest BCUT2D eigenvalue weighted by molar-refractivity contribution is 7.89. The zero-order chi connectivity index (χ0) is 24.0. The van der Waals surface area contributed by atoms with Crippen LogP contribution < -0.4 is 15.4 Å². The number of rotatable bonds is 9. The minimum Gasteiger partial charge on any atom is -0.495 e.